The summed E-state index contributed by atoms with van der Waals surface area (Å²) in [5.41, 5.74) is 4.08. The highest BCUT2D eigenvalue weighted by Crippen LogP contribution is 2.30. The first-order valence-electron chi connectivity index (χ1n) is 4.17. The summed E-state index contributed by atoms with van der Waals surface area (Å²) in [6, 6.07) is 6.21. The first kappa shape index (κ1) is 8.08. The highest BCUT2D eigenvalue weighted by atomic mass is 32.1. The normalized spacial score (nSPS) is 10.9. The van der Waals surface area contributed by atoms with Crippen LogP contribution in [-0.2, 0) is 0 Å². The second-order valence-electron chi connectivity index (χ2n) is 2.84. The molecule has 0 radical (unpaired) electrons. The van der Waals surface area contributed by atoms with Crippen molar-refractivity contribution in [1.82, 2.24) is 9.97 Å². The number of benzene rings is 1. The number of thiazole rings is 2. The van der Waals surface area contributed by atoms with E-state index >= 15 is 0 Å². The van der Waals surface area contributed by atoms with Crippen LogP contribution in [0.2, 0.25) is 0 Å². The molecule has 0 fully saturated rings. The number of hydrogen-bond acceptors (Lipinski definition) is 4. The quantitative estimate of drug-likeness (QED) is 0.625. The van der Waals surface area contributed by atoms with Crippen molar-refractivity contribution in [3.8, 4) is 10.6 Å². The molecule has 0 N–H and O–H groups in total. The molecule has 2 heterocycles. The third kappa shape index (κ3) is 1.15. The molecule has 0 unspecified atom stereocenters. The fraction of sp³-hybridized carbons (Fsp3) is 0. The SMILES string of the molecule is c1cc(-c2nccs2)c2ncsc2c1. The van der Waals surface area contributed by atoms with Crippen molar-refractivity contribution in [3.63, 3.8) is 0 Å². The number of rotatable bonds is 1. The van der Waals surface area contributed by atoms with Gasteiger partial charge in [-0.2, -0.15) is 0 Å². The molecule has 0 aliphatic heterocycles. The van der Waals surface area contributed by atoms with Crippen LogP contribution in [0.15, 0.2) is 35.3 Å². The van der Waals surface area contributed by atoms with Crippen LogP contribution in [0.5, 0.6) is 0 Å². The van der Waals surface area contributed by atoms with E-state index in [4.69, 9.17) is 0 Å². The van der Waals surface area contributed by atoms with E-state index in [1.54, 1.807) is 22.7 Å². The monoisotopic (exact) mass is 218 g/mol. The fourth-order valence-electron chi connectivity index (χ4n) is 1.42. The van der Waals surface area contributed by atoms with E-state index in [1.165, 1.54) is 4.70 Å². The maximum absolute atomic E-state index is 4.36. The van der Waals surface area contributed by atoms with Gasteiger partial charge in [-0.25, -0.2) is 9.97 Å². The largest absolute Gasteiger partial charge is 0.244 e. The van der Waals surface area contributed by atoms with E-state index in [0.717, 1.165) is 16.1 Å². The predicted molar refractivity (Wildman–Crippen MR) is 60.7 cm³/mol. The Morgan fingerprint density at radius 2 is 2.07 bits per heavy atom. The van der Waals surface area contributed by atoms with Crippen molar-refractivity contribution in [1.29, 1.82) is 0 Å². The Morgan fingerprint density at radius 3 is 2.93 bits per heavy atom. The molecule has 3 rings (SSSR count). The van der Waals surface area contributed by atoms with Gasteiger partial charge >= 0.3 is 0 Å². The molecule has 0 saturated heterocycles. The second kappa shape index (κ2) is 3.15. The molecule has 0 spiro atoms. The summed E-state index contributed by atoms with van der Waals surface area (Å²) >= 11 is 3.31. The van der Waals surface area contributed by atoms with Crippen LogP contribution in [0.1, 0.15) is 0 Å². The lowest BCUT2D eigenvalue weighted by Gasteiger charge is -1.96. The average molecular weight is 218 g/mol. The number of para-hydroxylation sites is 1. The minimum Gasteiger partial charge on any atom is -0.244 e. The molecule has 0 amide bonds. The molecule has 0 saturated carbocycles. The van der Waals surface area contributed by atoms with Crippen LogP contribution in [-0.4, -0.2) is 9.97 Å². The summed E-state index contributed by atoms with van der Waals surface area (Å²) in [6.07, 6.45) is 1.82. The van der Waals surface area contributed by atoms with Crippen LogP contribution in [0.25, 0.3) is 20.8 Å². The van der Waals surface area contributed by atoms with E-state index < -0.39 is 0 Å². The maximum Gasteiger partial charge on any atom is 0.125 e. The molecular weight excluding hydrogens is 212 g/mol. The van der Waals surface area contributed by atoms with Gasteiger partial charge in [-0.15, -0.1) is 22.7 Å². The molecule has 1 aromatic carbocycles. The van der Waals surface area contributed by atoms with Crippen molar-refractivity contribution in [3.05, 3.63) is 35.3 Å². The van der Waals surface area contributed by atoms with Gasteiger partial charge in [0, 0.05) is 17.1 Å². The number of nitrogens with zero attached hydrogens (tertiary/aromatic N) is 2. The lowest BCUT2D eigenvalue weighted by molar-refractivity contribution is 1.41. The van der Waals surface area contributed by atoms with Crippen LogP contribution in [0.4, 0.5) is 0 Å². The van der Waals surface area contributed by atoms with Crippen molar-refractivity contribution in [2.45, 2.75) is 0 Å². The van der Waals surface area contributed by atoms with E-state index in [1.807, 2.05) is 17.1 Å². The fourth-order valence-corrected chi connectivity index (χ4v) is 2.78. The maximum atomic E-state index is 4.36. The third-order valence-electron chi connectivity index (χ3n) is 2.02. The van der Waals surface area contributed by atoms with Crippen molar-refractivity contribution in [2.24, 2.45) is 0 Å². The molecule has 3 aromatic rings. The highest BCUT2D eigenvalue weighted by molar-refractivity contribution is 7.17. The topological polar surface area (TPSA) is 25.8 Å². The Morgan fingerprint density at radius 1 is 1.07 bits per heavy atom. The summed E-state index contributed by atoms with van der Waals surface area (Å²) in [7, 11) is 0. The molecule has 68 valence electrons. The van der Waals surface area contributed by atoms with Gasteiger partial charge < -0.3 is 0 Å². The van der Waals surface area contributed by atoms with Crippen molar-refractivity contribution >= 4 is 32.9 Å². The van der Waals surface area contributed by atoms with Crippen molar-refractivity contribution < 1.29 is 0 Å². The van der Waals surface area contributed by atoms with Crippen LogP contribution >= 0.6 is 22.7 Å². The van der Waals surface area contributed by atoms with Gasteiger partial charge in [0.2, 0.25) is 0 Å². The first-order chi connectivity index (χ1) is 6.95. The average Bonchev–Trinajstić information content (AvgIpc) is 2.88. The summed E-state index contributed by atoms with van der Waals surface area (Å²) in [5.74, 6) is 0. The zero-order chi connectivity index (χ0) is 9.38. The molecule has 2 aromatic heterocycles. The second-order valence-corrected chi connectivity index (χ2v) is 4.62. The zero-order valence-corrected chi connectivity index (χ0v) is 8.81. The smallest absolute Gasteiger partial charge is 0.125 e. The van der Waals surface area contributed by atoms with Gasteiger partial charge in [0.1, 0.15) is 5.01 Å². The first-order valence-corrected chi connectivity index (χ1v) is 5.93. The minimum atomic E-state index is 1.04. The Labute approximate surface area is 88.9 Å². The molecule has 0 bridgehead atoms. The molecule has 0 aliphatic rings. The van der Waals surface area contributed by atoms with E-state index in [9.17, 15) is 0 Å². The predicted octanol–water partition coefficient (Wildman–Crippen LogP) is 3.42. The molecule has 4 heteroatoms. The van der Waals surface area contributed by atoms with E-state index in [-0.39, 0.29) is 0 Å². The van der Waals surface area contributed by atoms with Gasteiger partial charge in [0.15, 0.2) is 0 Å². The van der Waals surface area contributed by atoms with Crippen LogP contribution < -0.4 is 0 Å². The van der Waals surface area contributed by atoms with Gasteiger partial charge in [0.25, 0.3) is 0 Å². The standard InChI is InChI=1S/C10H6N2S2/c1-2-7(10-11-4-5-13-10)9-8(3-1)14-6-12-9/h1-6H. The van der Waals surface area contributed by atoms with Crippen LogP contribution in [0, 0.1) is 0 Å². The molecular formula is C10H6N2S2. The Balaban J connectivity index is 2.36. The van der Waals surface area contributed by atoms with E-state index in [2.05, 4.69) is 28.2 Å². The lowest BCUT2D eigenvalue weighted by Crippen LogP contribution is -1.77. The van der Waals surface area contributed by atoms with Gasteiger partial charge in [0.05, 0.1) is 15.7 Å². The van der Waals surface area contributed by atoms with Gasteiger partial charge in [-0.3, -0.25) is 0 Å². The lowest BCUT2D eigenvalue weighted by atomic mass is 10.2. The number of aromatic nitrogens is 2. The highest BCUT2D eigenvalue weighted by Gasteiger charge is 2.06. The third-order valence-corrected chi connectivity index (χ3v) is 3.62. The Hall–Kier alpha value is -1.26. The number of fused-ring (bicyclic) bond motifs is 1. The minimum absolute atomic E-state index is 1.04. The zero-order valence-electron chi connectivity index (χ0n) is 7.18. The van der Waals surface area contributed by atoms with Gasteiger partial charge in [-0.1, -0.05) is 6.07 Å². The van der Waals surface area contributed by atoms with Crippen molar-refractivity contribution in [2.75, 3.05) is 0 Å². The Bertz CT molecular complexity index is 554. The summed E-state index contributed by atoms with van der Waals surface area (Å²) in [4.78, 5) is 8.66. The summed E-state index contributed by atoms with van der Waals surface area (Å²) in [5, 5.41) is 3.03. The summed E-state index contributed by atoms with van der Waals surface area (Å²) < 4.78 is 1.22. The molecule has 2 nitrogen and oxygen atoms in total. The Kier molecular flexibility index (Phi) is 1.82. The summed E-state index contributed by atoms with van der Waals surface area (Å²) in [6.45, 7) is 0. The molecule has 0 atom stereocenters. The molecule has 14 heavy (non-hydrogen) atoms. The van der Waals surface area contributed by atoms with E-state index in [0.29, 0.717) is 0 Å². The number of hydrogen-bond donors (Lipinski definition) is 0. The van der Waals surface area contributed by atoms with Gasteiger partial charge in [-0.05, 0) is 12.1 Å². The van der Waals surface area contributed by atoms with Crippen LogP contribution in [0.3, 0.4) is 0 Å². The molecule has 0 aliphatic carbocycles.